The molecule has 0 radical (unpaired) electrons. The van der Waals surface area contributed by atoms with Crippen LogP contribution in [0.3, 0.4) is 0 Å². The van der Waals surface area contributed by atoms with E-state index in [1.54, 1.807) is 12.3 Å². The summed E-state index contributed by atoms with van der Waals surface area (Å²) in [5.74, 6) is 5.06. The van der Waals surface area contributed by atoms with Crippen molar-refractivity contribution in [3.05, 3.63) is 58.6 Å². The molecule has 0 aliphatic carbocycles. The Bertz CT molecular complexity index is 672. The van der Waals surface area contributed by atoms with Crippen LogP contribution in [0.4, 0.5) is 0 Å². The van der Waals surface area contributed by atoms with Crippen molar-refractivity contribution < 1.29 is 9.90 Å². The Morgan fingerprint density at radius 3 is 2.60 bits per heavy atom. The van der Waals surface area contributed by atoms with Crippen LogP contribution in [0.25, 0.3) is 0 Å². The first-order valence-corrected chi connectivity index (χ1v) is 6.32. The van der Waals surface area contributed by atoms with Crippen LogP contribution in [0.15, 0.2) is 36.5 Å². The fraction of sp³-hybridized carbons (Fsp3) is 0.133. The third-order valence-corrected chi connectivity index (χ3v) is 2.72. The average molecular weight is 287 g/mol. The van der Waals surface area contributed by atoms with Crippen LogP contribution >= 0.6 is 11.6 Å². The van der Waals surface area contributed by atoms with Crippen LogP contribution in [-0.2, 0) is 11.2 Å². The topological polar surface area (TPSA) is 63.1 Å². The lowest BCUT2D eigenvalue weighted by atomic mass is 10.1. The molecule has 2 rings (SSSR count). The predicted octanol–water partition coefficient (Wildman–Crippen LogP) is 2.55. The number of aryl methyl sites for hydroxylation is 1. The highest BCUT2D eigenvalue weighted by atomic mass is 35.5. The van der Waals surface area contributed by atoms with Gasteiger partial charge in [0.2, 0.25) is 5.28 Å². The molecule has 0 fully saturated rings. The monoisotopic (exact) mass is 286 g/mol. The number of nitrogens with zero attached hydrogens (tertiary/aromatic N) is 2. The fourth-order valence-electron chi connectivity index (χ4n) is 1.55. The Morgan fingerprint density at radius 1 is 1.20 bits per heavy atom. The lowest BCUT2D eigenvalue weighted by Gasteiger charge is -1.98. The maximum atomic E-state index is 10.5. The molecule has 1 heterocycles. The standard InChI is InChI=1S/C15H11ClN2O2/c16-15-17-10-9-13(18-15)7-5-11-1-3-12(4-2-11)6-8-14(19)20/h1-4,9-10H,6,8H2,(H,19,20). The third kappa shape index (κ3) is 4.38. The van der Waals surface area contributed by atoms with Gasteiger partial charge < -0.3 is 5.11 Å². The highest BCUT2D eigenvalue weighted by molar-refractivity contribution is 6.28. The van der Waals surface area contributed by atoms with Crippen molar-refractivity contribution in [2.45, 2.75) is 12.8 Å². The minimum absolute atomic E-state index is 0.129. The van der Waals surface area contributed by atoms with Gasteiger partial charge in [-0.1, -0.05) is 18.1 Å². The number of carbonyl (C=O) groups is 1. The number of hydrogen-bond acceptors (Lipinski definition) is 3. The number of rotatable bonds is 3. The van der Waals surface area contributed by atoms with E-state index in [-0.39, 0.29) is 11.7 Å². The largest absolute Gasteiger partial charge is 0.481 e. The number of carboxylic acids is 1. The predicted molar refractivity (Wildman–Crippen MR) is 75.4 cm³/mol. The molecule has 0 unspecified atom stereocenters. The molecule has 0 amide bonds. The molecule has 100 valence electrons. The first-order valence-electron chi connectivity index (χ1n) is 5.95. The van der Waals surface area contributed by atoms with Crippen LogP contribution < -0.4 is 0 Å². The molecule has 4 nitrogen and oxygen atoms in total. The van der Waals surface area contributed by atoms with Gasteiger partial charge in [0, 0.05) is 18.2 Å². The molecule has 1 aromatic heterocycles. The molecule has 20 heavy (non-hydrogen) atoms. The minimum Gasteiger partial charge on any atom is -0.481 e. The zero-order valence-electron chi connectivity index (χ0n) is 10.5. The SMILES string of the molecule is O=C(O)CCc1ccc(C#Cc2ccnc(Cl)n2)cc1. The van der Waals surface area contributed by atoms with Crippen LogP contribution in [-0.4, -0.2) is 21.0 Å². The van der Waals surface area contributed by atoms with E-state index in [4.69, 9.17) is 16.7 Å². The van der Waals surface area contributed by atoms with Crippen molar-refractivity contribution in [3.8, 4) is 11.8 Å². The van der Waals surface area contributed by atoms with Gasteiger partial charge in [0.15, 0.2) is 0 Å². The van der Waals surface area contributed by atoms with E-state index in [9.17, 15) is 4.79 Å². The summed E-state index contributed by atoms with van der Waals surface area (Å²) < 4.78 is 0. The van der Waals surface area contributed by atoms with Crippen LogP contribution in [0, 0.1) is 11.8 Å². The second-order valence-corrected chi connectivity index (χ2v) is 4.39. The van der Waals surface area contributed by atoms with Gasteiger partial charge in [-0.15, -0.1) is 0 Å². The normalized spacial score (nSPS) is 9.65. The summed E-state index contributed by atoms with van der Waals surface area (Å²) in [6, 6.07) is 9.14. The fourth-order valence-corrected chi connectivity index (χ4v) is 1.69. The van der Waals surface area contributed by atoms with Crippen LogP contribution in [0.5, 0.6) is 0 Å². The van der Waals surface area contributed by atoms with E-state index in [0.717, 1.165) is 11.1 Å². The van der Waals surface area contributed by atoms with E-state index < -0.39 is 5.97 Å². The number of aliphatic carboxylic acids is 1. The summed E-state index contributed by atoms with van der Waals surface area (Å²) in [5.41, 5.74) is 2.36. The Hall–Kier alpha value is -2.38. The second-order valence-electron chi connectivity index (χ2n) is 4.05. The Labute approximate surface area is 121 Å². The molecule has 0 bridgehead atoms. The van der Waals surface area contributed by atoms with Gasteiger partial charge in [-0.25, -0.2) is 9.97 Å². The highest BCUT2D eigenvalue weighted by Gasteiger charge is 1.98. The molecule has 5 heteroatoms. The lowest BCUT2D eigenvalue weighted by Crippen LogP contribution is -1.97. The number of aromatic nitrogens is 2. The highest BCUT2D eigenvalue weighted by Crippen LogP contribution is 2.06. The molecule has 1 aromatic carbocycles. The Morgan fingerprint density at radius 2 is 1.95 bits per heavy atom. The third-order valence-electron chi connectivity index (χ3n) is 2.54. The molecule has 1 N–H and O–H groups in total. The van der Waals surface area contributed by atoms with Crippen LogP contribution in [0.1, 0.15) is 23.2 Å². The van der Waals surface area contributed by atoms with Gasteiger partial charge in [0.25, 0.3) is 0 Å². The maximum Gasteiger partial charge on any atom is 0.303 e. The molecule has 2 aromatic rings. The second kappa shape index (κ2) is 6.69. The molecule has 0 saturated carbocycles. The van der Waals surface area contributed by atoms with Gasteiger partial charge in [-0.2, -0.15) is 0 Å². The van der Waals surface area contributed by atoms with Crippen molar-refractivity contribution >= 4 is 17.6 Å². The van der Waals surface area contributed by atoms with Crippen LogP contribution in [0.2, 0.25) is 5.28 Å². The number of hydrogen-bond donors (Lipinski definition) is 1. The molecule has 0 saturated heterocycles. The quantitative estimate of drug-likeness (QED) is 0.696. The summed E-state index contributed by atoms with van der Waals surface area (Å²) in [5, 5.41) is 8.78. The van der Waals surface area contributed by atoms with Crippen molar-refractivity contribution in [1.29, 1.82) is 0 Å². The van der Waals surface area contributed by atoms with Gasteiger partial charge in [0.05, 0.1) is 0 Å². The van der Waals surface area contributed by atoms with Crippen molar-refractivity contribution in [3.63, 3.8) is 0 Å². The van der Waals surface area contributed by atoms with Crippen molar-refractivity contribution in [2.75, 3.05) is 0 Å². The first kappa shape index (κ1) is 14.0. The maximum absolute atomic E-state index is 10.5. The summed E-state index contributed by atoms with van der Waals surface area (Å²) in [7, 11) is 0. The van der Waals surface area contributed by atoms with E-state index in [1.165, 1.54) is 0 Å². The summed E-state index contributed by atoms with van der Waals surface area (Å²) >= 11 is 5.67. The van der Waals surface area contributed by atoms with E-state index in [1.807, 2.05) is 24.3 Å². The van der Waals surface area contributed by atoms with Crippen molar-refractivity contribution in [2.24, 2.45) is 0 Å². The summed E-state index contributed by atoms with van der Waals surface area (Å²) in [6.45, 7) is 0. The van der Waals surface area contributed by atoms with E-state index in [2.05, 4.69) is 21.8 Å². The lowest BCUT2D eigenvalue weighted by molar-refractivity contribution is -0.136. The Balaban J connectivity index is 2.06. The van der Waals surface area contributed by atoms with Crippen molar-refractivity contribution in [1.82, 2.24) is 9.97 Å². The zero-order chi connectivity index (χ0) is 14.4. The molecule has 0 spiro atoms. The molecular weight excluding hydrogens is 276 g/mol. The van der Waals surface area contributed by atoms with Gasteiger partial charge in [-0.05, 0) is 47.7 Å². The number of halogens is 1. The molecular formula is C15H11ClN2O2. The zero-order valence-corrected chi connectivity index (χ0v) is 11.3. The smallest absolute Gasteiger partial charge is 0.303 e. The minimum atomic E-state index is -0.797. The average Bonchev–Trinajstić information content (AvgIpc) is 2.44. The van der Waals surface area contributed by atoms with Gasteiger partial charge in [-0.3, -0.25) is 4.79 Å². The van der Waals surface area contributed by atoms with Gasteiger partial charge >= 0.3 is 5.97 Å². The summed E-state index contributed by atoms with van der Waals surface area (Å²) in [4.78, 5) is 18.2. The number of carboxylic acid groups (broad SMARTS) is 1. The van der Waals surface area contributed by atoms with Gasteiger partial charge in [0.1, 0.15) is 5.69 Å². The number of benzene rings is 1. The summed E-state index contributed by atoms with van der Waals surface area (Å²) in [6.07, 6.45) is 2.20. The Kier molecular flexibility index (Phi) is 4.70. The molecule has 0 aliphatic rings. The van der Waals surface area contributed by atoms with E-state index >= 15 is 0 Å². The van der Waals surface area contributed by atoms with E-state index in [0.29, 0.717) is 12.1 Å². The molecule has 0 atom stereocenters. The first-order chi connectivity index (χ1) is 9.63. The molecule has 0 aliphatic heterocycles.